The van der Waals surface area contributed by atoms with Crippen LogP contribution in [0.3, 0.4) is 0 Å². The Bertz CT molecular complexity index is 176. The second kappa shape index (κ2) is 4.76. The van der Waals surface area contributed by atoms with Gasteiger partial charge in [-0.25, -0.2) is 0 Å². The van der Waals surface area contributed by atoms with Crippen molar-refractivity contribution in [2.75, 3.05) is 13.2 Å². The lowest BCUT2D eigenvalue weighted by molar-refractivity contribution is -0.149. The largest absolute Gasteiger partial charge is 0.466 e. The number of hydrogen-bond donors (Lipinski definition) is 0. The molecule has 4 heteroatoms. The highest BCUT2D eigenvalue weighted by molar-refractivity contribution is 6.15. The second-order valence-electron chi connectivity index (χ2n) is 3.74. The minimum absolute atomic E-state index is 0.112. The van der Waals surface area contributed by atoms with Crippen molar-refractivity contribution in [1.82, 2.24) is 0 Å². The molecule has 0 N–H and O–H groups in total. The smallest absolute Gasteiger partial charge is 0.308 e. The van der Waals surface area contributed by atoms with E-state index in [1.807, 2.05) is 6.92 Å². The fourth-order valence-corrected chi connectivity index (χ4v) is 2.49. The van der Waals surface area contributed by atoms with Crippen molar-refractivity contribution in [2.24, 2.45) is 0 Å². The lowest BCUT2D eigenvalue weighted by Crippen LogP contribution is -2.39. The minimum Gasteiger partial charge on any atom is -0.466 e. The summed E-state index contributed by atoms with van der Waals surface area (Å²) in [5, 5.41) is -0.134. The zero-order chi connectivity index (χ0) is 9.73. The Hall–Kier alpha value is -0.353. The molecule has 0 saturated carbocycles. The molecule has 1 unspecified atom stereocenters. The maximum absolute atomic E-state index is 11.2. The molecule has 0 aliphatic carbocycles. The summed E-state index contributed by atoms with van der Waals surface area (Å²) in [5.41, 5.74) is 0. The van der Waals surface area contributed by atoms with E-state index in [0.29, 0.717) is 13.0 Å². The van der Waals surface area contributed by atoms with Crippen LogP contribution in [-0.2, 0) is 14.3 Å². The van der Waals surface area contributed by atoms with Crippen molar-refractivity contribution in [3.63, 3.8) is 0 Å². The first-order chi connectivity index (χ1) is 6.16. The quantitative estimate of drug-likeness (QED) is 0.484. The monoisotopic (exact) mass is 202 g/mol. The highest BCUT2D eigenvalue weighted by atomic mass is 28.1. The van der Waals surface area contributed by atoms with Gasteiger partial charge in [0.2, 0.25) is 0 Å². The van der Waals surface area contributed by atoms with Gasteiger partial charge < -0.3 is 9.47 Å². The normalized spacial score (nSPS) is 28.7. The molecule has 0 radical (unpaired) electrons. The van der Waals surface area contributed by atoms with Crippen LogP contribution in [-0.4, -0.2) is 34.6 Å². The zero-order valence-corrected chi connectivity index (χ0v) is 10.5. The number of rotatable bonds is 3. The van der Waals surface area contributed by atoms with Gasteiger partial charge in [-0.2, -0.15) is 0 Å². The van der Waals surface area contributed by atoms with Crippen LogP contribution in [0.15, 0.2) is 0 Å². The average molecular weight is 202 g/mol. The predicted molar refractivity (Wildman–Crippen MR) is 53.7 cm³/mol. The Morgan fingerprint density at radius 3 is 2.92 bits per heavy atom. The summed E-state index contributed by atoms with van der Waals surface area (Å²) in [6.07, 6.45) is 3.79. The van der Waals surface area contributed by atoms with Crippen LogP contribution >= 0.6 is 0 Å². The van der Waals surface area contributed by atoms with E-state index in [0.717, 1.165) is 29.7 Å². The molecule has 0 amide bonds. The molecule has 1 aliphatic rings. The van der Waals surface area contributed by atoms with Crippen molar-refractivity contribution in [2.45, 2.75) is 37.8 Å². The lowest BCUT2D eigenvalue weighted by Gasteiger charge is -2.33. The van der Waals surface area contributed by atoms with Gasteiger partial charge in [0.25, 0.3) is 0 Å². The molecule has 1 heterocycles. The fraction of sp³-hybridized carbons (Fsp3) is 0.889. The van der Waals surface area contributed by atoms with Gasteiger partial charge in [-0.3, -0.25) is 4.79 Å². The Kier molecular flexibility index (Phi) is 3.93. The third kappa shape index (κ3) is 3.48. The van der Waals surface area contributed by atoms with E-state index < -0.39 is 0 Å². The van der Waals surface area contributed by atoms with E-state index in [4.69, 9.17) is 9.47 Å². The standard InChI is InChI=1S/C9H18O3Si/c1-2-11-8(10)7-9(13)5-3-4-6-12-9/h2-7H2,1,13H3. The molecular weight excluding hydrogens is 184 g/mol. The van der Waals surface area contributed by atoms with E-state index in [1.165, 1.54) is 6.42 Å². The lowest BCUT2D eigenvalue weighted by atomic mass is 10.1. The van der Waals surface area contributed by atoms with Crippen LogP contribution in [0, 0.1) is 0 Å². The van der Waals surface area contributed by atoms with Crippen LogP contribution in [0.25, 0.3) is 0 Å². The summed E-state index contributed by atoms with van der Waals surface area (Å²) in [7, 11) is 0.912. The van der Waals surface area contributed by atoms with E-state index in [-0.39, 0.29) is 11.2 Å². The van der Waals surface area contributed by atoms with Crippen LogP contribution in [0.4, 0.5) is 0 Å². The molecule has 1 fully saturated rings. The SMILES string of the molecule is CCOC(=O)CC1([SiH3])CCCCO1. The molecule has 1 rings (SSSR count). The van der Waals surface area contributed by atoms with Gasteiger partial charge in [-0.05, 0) is 26.2 Å². The molecule has 1 aliphatic heterocycles. The molecule has 1 atom stereocenters. The number of carbonyl (C=O) groups is 1. The molecule has 3 nitrogen and oxygen atoms in total. The van der Waals surface area contributed by atoms with Gasteiger partial charge in [0.05, 0.1) is 18.3 Å². The molecule has 0 aromatic carbocycles. The number of ether oxygens (including phenoxy) is 2. The van der Waals surface area contributed by atoms with Gasteiger partial charge in [0, 0.05) is 16.8 Å². The minimum atomic E-state index is -0.134. The molecule has 76 valence electrons. The summed E-state index contributed by atoms with van der Waals surface area (Å²) < 4.78 is 10.6. The zero-order valence-electron chi connectivity index (χ0n) is 8.47. The third-order valence-corrected chi connectivity index (χ3v) is 3.52. The van der Waals surface area contributed by atoms with Crippen LogP contribution in [0.2, 0.25) is 0 Å². The summed E-state index contributed by atoms with van der Waals surface area (Å²) in [6.45, 7) is 3.11. The van der Waals surface area contributed by atoms with E-state index in [9.17, 15) is 4.79 Å². The topological polar surface area (TPSA) is 35.5 Å². The first kappa shape index (κ1) is 10.7. The maximum Gasteiger partial charge on any atom is 0.308 e. The fourth-order valence-electron chi connectivity index (χ4n) is 1.65. The first-order valence-electron chi connectivity index (χ1n) is 4.96. The number of carbonyl (C=O) groups excluding carboxylic acids is 1. The summed E-state index contributed by atoms with van der Waals surface area (Å²) in [5.74, 6) is -0.112. The van der Waals surface area contributed by atoms with Crippen LogP contribution in [0.1, 0.15) is 32.6 Å². The molecule has 0 aromatic rings. The van der Waals surface area contributed by atoms with Gasteiger partial charge >= 0.3 is 5.97 Å². The second-order valence-corrected chi connectivity index (χ2v) is 5.56. The van der Waals surface area contributed by atoms with Crippen LogP contribution < -0.4 is 0 Å². The molecule has 0 bridgehead atoms. The van der Waals surface area contributed by atoms with Crippen molar-refractivity contribution >= 4 is 16.2 Å². The predicted octanol–water partition coefficient (Wildman–Crippen LogP) is 0.202. The molecule has 0 aromatic heterocycles. The van der Waals surface area contributed by atoms with E-state index >= 15 is 0 Å². The Morgan fingerprint density at radius 1 is 1.62 bits per heavy atom. The Balaban J connectivity index is 2.36. The van der Waals surface area contributed by atoms with Gasteiger partial charge in [-0.15, -0.1) is 0 Å². The van der Waals surface area contributed by atoms with Crippen molar-refractivity contribution in [3.05, 3.63) is 0 Å². The van der Waals surface area contributed by atoms with E-state index in [1.54, 1.807) is 0 Å². The molecule has 0 spiro atoms. The maximum atomic E-state index is 11.2. The van der Waals surface area contributed by atoms with Crippen molar-refractivity contribution in [1.29, 1.82) is 0 Å². The van der Waals surface area contributed by atoms with E-state index in [2.05, 4.69) is 0 Å². The summed E-state index contributed by atoms with van der Waals surface area (Å²) in [6, 6.07) is 0. The molecular formula is C9H18O3Si. The summed E-state index contributed by atoms with van der Waals surface area (Å²) >= 11 is 0. The van der Waals surface area contributed by atoms with Gasteiger partial charge in [0.15, 0.2) is 0 Å². The van der Waals surface area contributed by atoms with Crippen LogP contribution in [0.5, 0.6) is 0 Å². The first-order valence-corrected chi connectivity index (χ1v) is 5.96. The highest BCUT2D eigenvalue weighted by Crippen LogP contribution is 2.25. The molecule has 13 heavy (non-hydrogen) atoms. The van der Waals surface area contributed by atoms with Crippen molar-refractivity contribution in [3.8, 4) is 0 Å². The number of esters is 1. The average Bonchev–Trinajstić information content (AvgIpc) is 2.04. The number of hydrogen-bond acceptors (Lipinski definition) is 3. The highest BCUT2D eigenvalue weighted by Gasteiger charge is 2.30. The molecule has 1 saturated heterocycles. The van der Waals surface area contributed by atoms with Gasteiger partial charge in [0.1, 0.15) is 0 Å². The van der Waals surface area contributed by atoms with Crippen molar-refractivity contribution < 1.29 is 14.3 Å². The Labute approximate surface area is 82.2 Å². The van der Waals surface area contributed by atoms with Gasteiger partial charge in [-0.1, -0.05) is 0 Å². The third-order valence-electron chi connectivity index (χ3n) is 2.37. The Morgan fingerprint density at radius 2 is 2.38 bits per heavy atom. The summed E-state index contributed by atoms with van der Waals surface area (Å²) in [4.78, 5) is 11.2.